The normalized spacial score (nSPS) is 11.8. The van der Waals surface area contributed by atoms with Crippen LogP contribution >= 0.6 is 0 Å². The molecule has 5 heteroatoms. The van der Waals surface area contributed by atoms with Crippen molar-refractivity contribution in [2.75, 3.05) is 13.2 Å². The van der Waals surface area contributed by atoms with Crippen molar-refractivity contribution in [1.82, 2.24) is 0 Å². The van der Waals surface area contributed by atoms with Gasteiger partial charge in [-0.1, -0.05) is 0 Å². The van der Waals surface area contributed by atoms with E-state index in [-0.39, 0.29) is 24.8 Å². The predicted molar refractivity (Wildman–Crippen MR) is 84.6 cm³/mol. The van der Waals surface area contributed by atoms with Crippen molar-refractivity contribution >= 4 is 5.78 Å². The fourth-order valence-electron chi connectivity index (χ4n) is 1.99. The lowest BCUT2D eigenvalue weighted by Gasteiger charge is -2.15. The molecule has 2 rings (SSSR count). The molecule has 0 aliphatic rings. The summed E-state index contributed by atoms with van der Waals surface area (Å²) in [5.74, 6) is 0.746. The third-order valence-corrected chi connectivity index (χ3v) is 3.27. The van der Waals surface area contributed by atoms with Crippen LogP contribution in [0.3, 0.4) is 0 Å². The van der Waals surface area contributed by atoms with E-state index < -0.39 is 6.10 Å². The lowest BCUT2D eigenvalue weighted by atomic mass is 10.1. The predicted octanol–water partition coefficient (Wildman–Crippen LogP) is 3.16. The van der Waals surface area contributed by atoms with Crippen molar-refractivity contribution in [3.63, 3.8) is 0 Å². The number of aliphatic hydroxyl groups is 1. The van der Waals surface area contributed by atoms with E-state index in [9.17, 15) is 14.3 Å². The number of Topliss-reactive ketones (excluding diaryl/α,β-unsaturated/α-hetero) is 1. The summed E-state index contributed by atoms with van der Waals surface area (Å²) < 4.78 is 23.9. The molecule has 0 heterocycles. The number of benzene rings is 2. The van der Waals surface area contributed by atoms with Crippen LogP contribution < -0.4 is 9.47 Å². The molecule has 0 radical (unpaired) electrons. The van der Waals surface area contributed by atoms with E-state index in [1.54, 1.807) is 31.2 Å². The molecule has 0 fully saturated rings. The molecule has 122 valence electrons. The molecule has 0 amide bonds. The highest BCUT2D eigenvalue weighted by atomic mass is 19.1. The second kappa shape index (κ2) is 7.74. The van der Waals surface area contributed by atoms with Crippen LogP contribution in [0.25, 0.3) is 0 Å². The summed E-state index contributed by atoms with van der Waals surface area (Å²) in [6, 6.07) is 10.9. The summed E-state index contributed by atoms with van der Waals surface area (Å²) in [7, 11) is 0. The maximum Gasteiger partial charge on any atom is 0.159 e. The van der Waals surface area contributed by atoms with Gasteiger partial charge in [-0.05, 0) is 61.9 Å². The van der Waals surface area contributed by atoms with Crippen LogP contribution in [-0.4, -0.2) is 30.2 Å². The van der Waals surface area contributed by atoms with Crippen LogP contribution in [0.15, 0.2) is 42.5 Å². The molecule has 1 atom stereocenters. The van der Waals surface area contributed by atoms with Crippen molar-refractivity contribution in [3.8, 4) is 11.5 Å². The highest BCUT2D eigenvalue weighted by molar-refractivity contribution is 5.94. The van der Waals surface area contributed by atoms with Crippen LogP contribution in [-0.2, 0) is 0 Å². The van der Waals surface area contributed by atoms with Gasteiger partial charge in [0.15, 0.2) is 5.78 Å². The minimum Gasteiger partial charge on any atom is -0.491 e. The average Bonchev–Trinajstić information content (AvgIpc) is 2.52. The fraction of sp³-hybridized carbons (Fsp3) is 0.278. The van der Waals surface area contributed by atoms with E-state index in [2.05, 4.69) is 0 Å². The fourth-order valence-corrected chi connectivity index (χ4v) is 1.99. The number of carbonyl (C=O) groups is 1. The number of ketones is 1. The average molecular weight is 318 g/mol. The Morgan fingerprint density at radius 2 is 1.78 bits per heavy atom. The summed E-state index contributed by atoms with van der Waals surface area (Å²) in [5, 5.41) is 9.88. The highest BCUT2D eigenvalue weighted by Gasteiger charge is 2.09. The van der Waals surface area contributed by atoms with Gasteiger partial charge in [0.2, 0.25) is 0 Å². The number of carbonyl (C=O) groups excluding carboxylic acids is 1. The molecule has 0 spiro atoms. The summed E-state index contributed by atoms with van der Waals surface area (Å²) in [6.45, 7) is 3.32. The molecular weight excluding hydrogens is 299 g/mol. The second-order valence-electron chi connectivity index (χ2n) is 5.27. The van der Waals surface area contributed by atoms with Gasteiger partial charge >= 0.3 is 0 Å². The maximum absolute atomic E-state index is 13.0. The zero-order chi connectivity index (χ0) is 16.8. The molecule has 23 heavy (non-hydrogen) atoms. The molecule has 0 saturated carbocycles. The second-order valence-corrected chi connectivity index (χ2v) is 5.27. The van der Waals surface area contributed by atoms with Gasteiger partial charge in [-0.15, -0.1) is 0 Å². The third kappa shape index (κ3) is 5.07. The van der Waals surface area contributed by atoms with Gasteiger partial charge in [-0.2, -0.15) is 0 Å². The largest absolute Gasteiger partial charge is 0.491 e. The molecular formula is C18H19FO4. The summed E-state index contributed by atoms with van der Waals surface area (Å²) in [4.78, 5) is 11.2. The number of hydrogen-bond donors (Lipinski definition) is 1. The smallest absolute Gasteiger partial charge is 0.159 e. The topological polar surface area (TPSA) is 55.8 Å². The first-order valence-corrected chi connectivity index (χ1v) is 7.26. The Morgan fingerprint density at radius 1 is 1.13 bits per heavy atom. The van der Waals surface area contributed by atoms with Gasteiger partial charge < -0.3 is 14.6 Å². The van der Waals surface area contributed by atoms with Crippen molar-refractivity contribution in [2.24, 2.45) is 0 Å². The maximum atomic E-state index is 13.0. The highest BCUT2D eigenvalue weighted by Crippen LogP contribution is 2.18. The van der Waals surface area contributed by atoms with Crippen LogP contribution in [0.5, 0.6) is 11.5 Å². The first kappa shape index (κ1) is 17.0. The van der Waals surface area contributed by atoms with Crippen molar-refractivity contribution < 1.29 is 23.8 Å². The Labute approximate surface area is 134 Å². The zero-order valence-corrected chi connectivity index (χ0v) is 13.1. The molecule has 2 aromatic carbocycles. The van der Waals surface area contributed by atoms with Crippen LogP contribution in [0.4, 0.5) is 4.39 Å². The Hall–Kier alpha value is -2.40. The van der Waals surface area contributed by atoms with Crippen LogP contribution in [0.1, 0.15) is 22.8 Å². The molecule has 0 aliphatic heterocycles. The van der Waals surface area contributed by atoms with Gasteiger partial charge in [-0.3, -0.25) is 4.79 Å². The van der Waals surface area contributed by atoms with Gasteiger partial charge in [0.05, 0.1) is 0 Å². The quantitative estimate of drug-likeness (QED) is 0.797. The standard InChI is InChI=1S/C18H19FO4/c1-12-9-15(19)5-8-18(12)23-11-16(21)10-22-17-6-3-14(4-7-17)13(2)20/h3-9,16,21H,10-11H2,1-2H3. The van der Waals surface area contributed by atoms with Crippen LogP contribution in [0, 0.1) is 12.7 Å². The minimum absolute atomic E-state index is 0.0142. The van der Waals surface area contributed by atoms with E-state index in [1.165, 1.54) is 25.1 Å². The molecule has 0 aromatic heterocycles. The van der Waals surface area contributed by atoms with Gasteiger partial charge in [0, 0.05) is 5.56 Å². The molecule has 0 aliphatic carbocycles. The number of rotatable bonds is 7. The summed E-state index contributed by atoms with van der Waals surface area (Å²) >= 11 is 0. The van der Waals surface area contributed by atoms with Gasteiger partial charge in [-0.25, -0.2) is 4.39 Å². The SMILES string of the molecule is CC(=O)c1ccc(OCC(O)COc2ccc(F)cc2C)cc1. The van der Waals surface area contributed by atoms with E-state index in [4.69, 9.17) is 9.47 Å². The summed E-state index contributed by atoms with van der Waals surface area (Å²) in [5.41, 5.74) is 1.27. The van der Waals surface area contributed by atoms with Crippen molar-refractivity contribution in [3.05, 3.63) is 59.4 Å². The number of hydrogen-bond acceptors (Lipinski definition) is 4. The van der Waals surface area contributed by atoms with Crippen LogP contribution in [0.2, 0.25) is 0 Å². The molecule has 0 bridgehead atoms. The Balaban J connectivity index is 1.80. The first-order valence-electron chi connectivity index (χ1n) is 7.26. The summed E-state index contributed by atoms with van der Waals surface area (Å²) in [6.07, 6.45) is -0.827. The number of ether oxygens (including phenoxy) is 2. The molecule has 2 aromatic rings. The van der Waals surface area contributed by atoms with Gasteiger partial charge in [0.1, 0.15) is 36.6 Å². The number of aryl methyl sites for hydroxylation is 1. The lowest BCUT2D eigenvalue weighted by Crippen LogP contribution is -2.25. The first-order chi connectivity index (χ1) is 11.0. The molecule has 4 nitrogen and oxygen atoms in total. The third-order valence-electron chi connectivity index (χ3n) is 3.27. The number of halogens is 1. The minimum atomic E-state index is -0.827. The molecule has 1 N–H and O–H groups in total. The van der Waals surface area contributed by atoms with E-state index in [1.807, 2.05) is 0 Å². The Morgan fingerprint density at radius 3 is 2.39 bits per heavy atom. The van der Waals surface area contributed by atoms with E-state index in [0.29, 0.717) is 22.6 Å². The Kier molecular flexibility index (Phi) is 5.71. The van der Waals surface area contributed by atoms with Crippen molar-refractivity contribution in [2.45, 2.75) is 20.0 Å². The lowest BCUT2D eigenvalue weighted by molar-refractivity contribution is 0.0624. The molecule has 0 saturated heterocycles. The van der Waals surface area contributed by atoms with Crippen molar-refractivity contribution in [1.29, 1.82) is 0 Å². The van der Waals surface area contributed by atoms with E-state index >= 15 is 0 Å². The zero-order valence-electron chi connectivity index (χ0n) is 13.1. The number of aliphatic hydroxyl groups excluding tert-OH is 1. The monoisotopic (exact) mass is 318 g/mol. The van der Waals surface area contributed by atoms with E-state index in [0.717, 1.165) is 0 Å². The Bertz CT molecular complexity index is 667. The van der Waals surface area contributed by atoms with Gasteiger partial charge in [0.25, 0.3) is 0 Å². The molecule has 1 unspecified atom stereocenters.